The zero-order valence-corrected chi connectivity index (χ0v) is 6.86. The van der Waals surface area contributed by atoms with Gasteiger partial charge < -0.3 is 9.52 Å². The minimum absolute atomic E-state index is 0.279. The normalized spacial score (nSPS) is 23.8. The molecule has 1 N–H and O–H groups in total. The van der Waals surface area contributed by atoms with Gasteiger partial charge in [0, 0.05) is 0 Å². The van der Waals surface area contributed by atoms with Crippen LogP contribution in [0.4, 0.5) is 0 Å². The molecule has 0 fully saturated rings. The summed E-state index contributed by atoms with van der Waals surface area (Å²) in [4.78, 5) is 0. The summed E-state index contributed by atoms with van der Waals surface area (Å²) in [6.45, 7) is 0. The fourth-order valence-electron chi connectivity index (χ4n) is 1.57. The highest BCUT2D eigenvalue weighted by Gasteiger charge is 2.13. The molecule has 1 aromatic heterocycles. The second-order valence-electron chi connectivity index (χ2n) is 3.13. The average Bonchev–Trinajstić information content (AvgIpc) is 2.56. The Hall–Kier alpha value is -1.02. The van der Waals surface area contributed by atoms with Gasteiger partial charge in [0.25, 0.3) is 0 Å². The topological polar surface area (TPSA) is 33.4 Å². The molecule has 1 aromatic rings. The molecular weight excluding hydrogens is 152 g/mol. The van der Waals surface area contributed by atoms with Crippen molar-refractivity contribution >= 4 is 5.57 Å². The molecule has 0 aliphatic heterocycles. The average molecular weight is 164 g/mol. The van der Waals surface area contributed by atoms with Crippen LogP contribution in [0.1, 0.15) is 25.0 Å². The summed E-state index contributed by atoms with van der Waals surface area (Å²) in [6.07, 6.45) is 6.22. The third-order valence-corrected chi connectivity index (χ3v) is 2.18. The molecule has 1 unspecified atom stereocenters. The van der Waals surface area contributed by atoms with Gasteiger partial charge in [-0.15, -0.1) is 0 Å². The lowest BCUT2D eigenvalue weighted by atomic mass is 9.96. The molecule has 1 aliphatic carbocycles. The van der Waals surface area contributed by atoms with Crippen LogP contribution in [0.25, 0.3) is 5.57 Å². The van der Waals surface area contributed by atoms with E-state index in [-0.39, 0.29) is 6.10 Å². The first-order valence-corrected chi connectivity index (χ1v) is 4.29. The summed E-state index contributed by atoms with van der Waals surface area (Å²) in [5, 5.41) is 9.36. The number of furan rings is 1. The Kier molecular flexibility index (Phi) is 2.00. The monoisotopic (exact) mass is 164 g/mol. The van der Waals surface area contributed by atoms with E-state index in [0.717, 1.165) is 30.6 Å². The number of rotatable bonds is 1. The van der Waals surface area contributed by atoms with Gasteiger partial charge in [-0.1, -0.05) is 0 Å². The maximum absolute atomic E-state index is 9.36. The van der Waals surface area contributed by atoms with Gasteiger partial charge in [-0.25, -0.2) is 0 Å². The number of hydrogen-bond acceptors (Lipinski definition) is 2. The largest absolute Gasteiger partial charge is 0.465 e. The standard InChI is InChI=1S/C10H12O2/c11-9-4-1-3-8(7-9)10-5-2-6-12-10/h2,5-7,9,11H,1,3-4H2. The van der Waals surface area contributed by atoms with Crippen molar-refractivity contribution in [2.75, 3.05) is 0 Å². The zero-order valence-electron chi connectivity index (χ0n) is 6.86. The number of allylic oxidation sites excluding steroid dienone is 1. The van der Waals surface area contributed by atoms with Crippen LogP contribution in [0.2, 0.25) is 0 Å². The summed E-state index contributed by atoms with van der Waals surface area (Å²) in [7, 11) is 0. The van der Waals surface area contributed by atoms with Crippen molar-refractivity contribution in [3.8, 4) is 0 Å². The molecule has 12 heavy (non-hydrogen) atoms. The summed E-state index contributed by atoms with van der Waals surface area (Å²) in [5.74, 6) is 0.897. The highest BCUT2D eigenvalue weighted by Crippen LogP contribution is 2.26. The predicted molar refractivity (Wildman–Crippen MR) is 46.5 cm³/mol. The first kappa shape index (κ1) is 7.62. The van der Waals surface area contributed by atoms with Crippen molar-refractivity contribution in [3.63, 3.8) is 0 Å². The van der Waals surface area contributed by atoms with Crippen molar-refractivity contribution < 1.29 is 9.52 Å². The van der Waals surface area contributed by atoms with Crippen LogP contribution < -0.4 is 0 Å². The quantitative estimate of drug-likeness (QED) is 0.690. The van der Waals surface area contributed by atoms with Gasteiger partial charge in [-0.3, -0.25) is 0 Å². The molecule has 0 aromatic carbocycles. The Morgan fingerprint density at radius 3 is 3.08 bits per heavy atom. The summed E-state index contributed by atoms with van der Waals surface area (Å²) in [5.41, 5.74) is 1.14. The fraction of sp³-hybridized carbons (Fsp3) is 0.400. The highest BCUT2D eigenvalue weighted by molar-refractivity contribution is 5.62. The van der Waals surface area contributed by atoms with E-state index in [1.165, 1.54) is 0 Å². The van der Waals surface area contributed by atoms with Crippen molar-refractivity contribution in [3.05, 3.63) is 30.2 Å². The first-order valence-electron chi connectivity index (χ1n) is 4.29. The lowest BCUT2D eigenvalue weighted by molar-refractivity contribution is 0.205. The van der Waals surface area contributed by atoms with Crippen molar-refractivity contribution in [1.82, 2.24) is 0 Å². The molecule has 0 spiro atoms. The third-order valence-electron chi connectivity index (χ3n) is 2.18. The Bertz CT molecular complexity index is 272. The predicted octanol–water partition coefficient (Wildman–Crippen LogP) is 2.21. The van der Waals surface area contributed by atoms with Crippen LogP contribution in [-0.2, 0) is 0 Å². The van der Waals surface area contributed by atoms with Crippen LogP contribution in [0.15, 0.2) is 28.9 Å². The van der Waals surface area contributed by atoms with E-state index >= 15 is 0 Å². The molecule has 0 saturated heterocycles. The molecule has 0 saturated carbocycles. The van der Waals surface area contributed by atoms with E-state index < -0.39 is 0 Å². The molecule has 1 heterocycles. The molecule has 2 heteroatoms. The van der Waals surface area contributed by atoms with Gasteiger partial charge in [0.05, 0.1) is 12.4 Å². The molecule has 0 radical (unpaired) electrons. The van der Waals surface area contributed by atoms with E-state index in [1.807, 2.05) is 18.2 Å². The number of hydrogen-bond donors (Lipinski definition) is 1. The molecule has 0 bridgehead atoms. The molecule has 0 amide bonds. The zero-order chi connectivity index (χ0) is 8.39. The van der Waals surface area contributed by atoms with Gasteiger partial charge in [-0.2, -0.15) is 0 Å². The second kappa shape index (κ2) is 3.15. The molecule has 1 atom stereocenters. The summed E-state index contributed by atoms with van der Waals surface area (Å²) < 4.78 is 5.24. The molecule has 64 valence electrons. The van der Waals surface area contributed by atoms with Gasteiger partial charge >= 0.3 is 0 Å². The van der Waals surface area contributed by atoms with Gasteiger partial charge in [0.15, 0.2) is 0 Å². The smallest absolute Gasteiger partial charge is 0.129 e. The Morgan fingerprint density at radius 2 is 2.42 bits per heavy atom. The summed E-state index contributed by atoms with van der Waals surface area (Å²) >= 11 is 0. The summed E-state index contributed by atoms with van der Waals surface area (Å²) in [6, 6.07) is 3.81. The SMILES string of the molecule is OC1C=C(c2ccco2)CCC1. The lowest BCUT2D eigenvalue weighted by Gasteiger charge is -2.14. The third kappa shape index (κ3) is 1.43. The van der Waals surface area contributed by atoms with E-state index in [1.54, 1.807) is 6.26 Å². The molecule has 2 rings (SSSR count). The maximum Gasteiger partial charge on any atom is 0.129 e. The van der Waals surface area contributed by atoms with E-state index in [4.69, 9.17) is 4.42 Å². The number of aliphatic hydroxyl groups is 1. The van der Waals surface area contributed by atoms with Gasteiger partial charge in [-0.05, 0) is 43.0 Å². The van der Waals surface area contributed by atoms with Crippen molar-refractivity contribution in [1.29, 1.82) is 0 Å². The second-order valence-corrected chi connectivity index (χ2v) is 3.13. The van der Waals surface area contributed by atoms with Crippen LogP contribution >= 0.6 is 0 Å². The van der Waals surface area contributed by atoms with Crippen molar-refractivity contribution in [2.45, 2.75) is 25.4 Å². The van der Waals surface area contributed by atoms with Crippen LogP contribution in [0.5, 0.6) is 0 Å². The van der Waals surface area contributed by atoms with Gasteiger partial charge in [0.1, 0.15) is 5.76 Å². The Labute approximate surface area is 71.5 Å². The van der Waals surface area contributed by atoms with E-state index in [2.05, 4.69) is 0 Å². The van der Waals surface area contributed by atoms with E-state index in [9.17, 15) is 5.11 Å². The highest BCUT2D eigenvalue weighted by atomic mass is 16.3. The molecule has 1 aliphatic rings. The molecular formula is C10H12O2. The fourth-order valence-corrected chi connectivity index (χ4v) is 1.57. The first-order chi connectivity index (χ1) is 5.86. The van der Waals surface area contributed by atoms with Crippen LogP contribution in [0.3, 0.4) is 0 Å². The Morgan fingerprint density at radius 1 is 1.50 bits per heavy atom. The van der Waals surface area contributed by atoms with Gasteiger partial charge in [0.2, 0.25) is 0 Å². The lowest BCUT2D eigenvalue weighted by Crippen LogP contribution is -2.07. The Balaban J connectivity index is 2.23. The van der Waals surface area contributed by atoms with Crippen LogP contribution in [-0.4, -0.2) is 11.2 Å². The molecule has 2 nitrogen and oxygen atoms in total. The number of aliphatic hydroxyl groups excluding tert-OH is 1. The van der Waals surface area contributed by atoms with E-state index in [0.29, 0.717) is 0 Å². The maximum atomic E-state index is 9.36. The van der Waals surface area contributed by atoms with Crippen LogP contribution in [0, 0.1) is 0 Å². The minimum atomic E-state index is -0.279. The minimum Gasteiger partial charge on any atom is -0.465 e. The van der Waals surface area contributed by atoms with Crippen molar-refractivity contribution in [2.24, 2.45) is 0 Å².